The predicted molar refractivity (Wildman–Crippen MR) is 110 cm³/mol. The molecule has 2 aromatic rings. The Morgan fingerprint density at radius 2 is 1.54 bits per heavy atom. The van der Waals surface area contributed by atoms with E-state index in [-0.39, 0.29) is 17.6 Å². The summed E-state index contributed by atoms with van der Waals surface area (Å²) in [6, 6.07) is 12.3. The number of carbonyl (C=O) groups is 2. The summed E-state index contributed by atoms with van der Waals surface area (Å²) < 4.78 is 0. The van der Waals surface area contributed by atoms with Crippen LogP contribution in [0.3, 0.4) is 0 Å². The van der Waals surface area contributed by atoms with E-state index in [1.165, 1.54) is 11.8 Å². The first kappa shape index (κ1) is 20.6. The molecule has 0 aromatic heterocycles. The second kappa shape index (κ2) is 10.5. The van der Waals surface area contributed by atoms with Crippen molar-refractivity contribution >= 4 is 58.2 Å². The van der Waals surface area contributed by atoms with Crippen molar-refractivity contribution in [1.29, 1.82) is 0 Å². The van der Waals surface area contributed by atoms with Crippen LogP contribution in [-0.4, -0.2) is 17.6 Å². The van der Waals surface area contributed by atoms with Gasteiger partial charge in [0.15, 0.2) is 0 Å². The molecule has 138 valence electrons. The molecule has 2 rings (SSSR count). The number of nitrogens with one attached hydrogen (secondary N) is 2. The number of thioether (sulfide) groups is 1. The SMILES string of the molecule is CCCCC(=O)Nc1ccc(SCC(=O)Nc2cc(Cl)cc(Cl)c2)cc1. The molecule has 0 saturated heterocycles. The van der Waals surface area contributed by atoms with Gasteiger partial charge in [0, 0.05) is 32.7 Å². The first-order valence-corrected chi connectivity index (χ1v) is 9.99. The molecule has 7 heteroatoms. The standard InChI is InChI=1S/C19H20Cl2N2O2S/c1-2-3-4-18(24)22-15-5-7-17(8-6-15)26-12-19(25)23-16-10-13(20)9-14(21)11-16/h5-11H,2-4,12H2,1H3,(H,22,24)(H,23,25). The van der Waals surface area contributed by atoms with Gasteiger partial charge in [-0.3, -0.25) is 9.59 Å². The van der Waals surface area contributed by atoms with E-state index in [1.54, 1.807) is 18.2 Å². The van der Waals surface area contributed by atoms with Crippen molar-refractivity contribution in [3.63, 3.8) is 0 Å². The van der Waals surface area contributed by atoms with Crippen molar-refractivity contribution in [3.05, 3.63) is 52.5 Å². The Kier molecular flexibility index (Phi) is 8.29. The Morgan fingerprint density at radius 3 is 2.15 bits per heavy atom. The molecule has 0 spiro atoms. The van der Waals surface area contributed by atoms with Gasteiger partial charge >= 0.3 is 0 Å². The highest BCUT2D eigenvalue weighted by Crippen LogP contribution is 2.24. The fourth-order valence-electron chi connectivity index (χ4n) is 2.17. The van der Waals surface area contributed by atoms with Gasteiger partial charge in [-0.25, -0.2) is 0 Å². The Bertz CT molecular complexity index is 746. The van der Waals surface area contributed by atoms with Crippen LogP contribution >= 0.6 is 35.0 Å². The summed E-state index contributed by atoms with van der Waals surface area (Å²) in [4.78, 5) is 24.7. The van der Waals surface area contributed by atoms with Crippen LogP contribution in [0.15, 0.2) is 47.4 Å². The summed E-state index contributed by atoms with van der Waals surface area (Å²) in [5.41, 5.74) is 1.33. The van der Waals surface area contributed by atoms with Crippen LogP contribution in [0.25, 0.3) is 0 Å². The van der Waals surface area contributed by atoms with Crippen LogP contribution in [0.2, 0.25) is 10.0 Å². The van der Waals surface area contributed by atoms with Crippen LogP contribution in [-0.2, 0) is 9.59 Å². The fraction of sp³-hybridized carbons (Fsp3) is 0.263. The monoisotopic (exact) mass is 410 g/mol. The maximum atomic E-state index is 12.0. The molecular formula is C19H20Cl2N2O2S. The van der Waals surface area contributed by atoms with Crippen molar-refractivity contribution in [2.24, 2.45) is 0 Å². The second-order valence-electron chi connectivity index (χ2n) is 5.67. The Balaban J connectivity index is 1.81. The Hall–Kier alpha value is -1.69. The van der Waals surface area contributed by atoms with E-state index in [4.69, 9.17) is 23.2 Å². The van der Waals surface area contributed by atoms with Gasteiger partial charge in [0.1, 0.15) is 0 Å². The molecule has 0 heterocycles. The van der Waals surface area contributed by atoms with E-state index in [9.17, 15) is 9.59 Å². The lowest BCUT2D eigenvalue weighted by atomic mass is 10.2. The van der Waals surface area contributed by atoms with Crippen LogP contribution < -0.4 is 10.6 Å². The molecule has 2 aromatic carbocycles. The Morgan fingerprint density at radius 1 is 0.923 bits per heavy atom. The molecule has 0 aliphatic carbocycles. The minimum atomic E-state index is -0.148. The maximum Gasteiger partial charge on any atom is 0.234 e. The fourth-order valence-corrected chi connectivity index (χ4v) is 3.39. The smallest absolute Gasteiger partial charge is 0.234 e. The molecule has 0 bridgehead atoms. The summed E-state index contributed by atoms with van der Waals surface area (Å²) in [7, 11) is 0. The average Bonchev–Trinajstić information content (AvgIpc) is 2.58. The average molecular weight is 411 g/mol. The Labute approximate surface area is 167 Å². The maximum absolute atomic E-state index is 12.0. The van der Waals surface area contributed by atoms with E-state index in [1.807, 2.05) is 24.3 Å². The third-order valence-electron chi connectivity index (χ3n) is 3.41. The van der Waals surface area contributed by atoms with Gasteiger partial charge in [0.25, 0.3) is 0 Å². The highest BCUT2D eigenvalue weighted by Gasteiger charge is 2.06. The first-order chi connectivity index (χ1) is 12.5. The third kappa shape index (κ3) is 7.28. The molecule has 26 heavy (non-hydrogen) atoms. The van der Waals surface area contributed by atoms with E-state index in [0.717, 1.165) is 23.4 Å². The zero-order chi connectivity index (χ0) is 18.9. The molecule has 0 atom stereocenters. The highest BCUT2D eigenvalue weighted by molar-refractivity contribution is 8.00. The van der Waals surface area contributed by atoms with E-state index >= 15 is 0 Å². The zero-order valence-corrected chi connectivity index (χ0v) is 16.7. The molecule has 0 aliphatic rings. The van der Waals surface area contributed by atoms with Crippen LogP contribution in [0.5, 0.6) is 0 Å². The molecule has 0 unspecified atom stereocenters. The number of hydrogen-bond donors (Lipinski definition) is 2. The second-order valence-corrected chi connectivity index (χ2v) is 7.59. The third-order valence-corrected chi connectivity index (χ3v) is 4.86. The highest BCUT2D eigenvalue weighted by atomic mass is 35.5. The zero-order valence-electron chi connectivity index (χ0n) is 14.4. The minimum absolute atomic E-state index is 0.0202. The van der Waals surface area contributed by atoms with Gasteiger partial charge in [0.05, 0.1) is 5.75 Å². The molecule has 4 nitrogen and oxygen atoms in total. The summed E-state index contributed by atoms with van der Waals surface area (Å²) in [6.07, 6.45) is 2.40. The number of benzene rings is 2. The molecule has 0 aliphatic heterocycles. The van der Waals surface area contributed by atoms with Crippen molar-refractivity contribution in [2.75, 3.05) is 16.4 Å². The normalized spacial score (nSPS) is 10.4. The van der Waals surface area contributed by atoms with Crippen molar-refractivity contribution in [2.45, 2.75) is 31.1 Å². The number of hydrogen-bond acceptors (Lipinski definition) is 3. The number of halogens is 2. The summed E-state index contributed by atoms with van der Waals surface area (Å²) in [5.74, 6) is 0.129. The van der Waals surface area contributed by atoms with Gasteiger partial charge in [0.2, 0.25) is 11.8 Å². The number of amides is 2. The summed E-state index contributed by atoms with van der Waals surface area (Å²) in [6.45, 7) is 2.05. The molecule has 0 saturated carbocycles. The predicted octanol–water partition coefficient (Wildman–Crippen LogP) is 5.85. The lowest BCUT2D eigenvalue weighted by molar-refractivity contribution is -0.116. The summed E-state index contributed by atoms with van der Waals surface area (Å²) >= 11 is 13.2. The molecule has 0 radical (unpaired) electrons. The van der Waals surface area contributed by atoms with Gasteiger partial charge in [-0.15, -0.1) is 11.8 Å². The van der Waals surface area contributed by atoms with Crippen LogP contribution in [0, 0.1) is 0 Å². The van der Waals surface area contributed by atoms with Crippen LogP contribution in [0.4, 0.5) is 11.4 Å². The van der Waals surface area contributed by atoms with Gasteiger partial charge in [-0.1, -0.05) is 36.5 Å². The number of carbonyl (C=O) groups excluding carboxylic acids is 2. The quantitative estimate of drug-likeness (QED) is 0.536. The van der Waals surface area contributed by atoms with Gasteiger partial charge < -0.3 is 10.6 Å². The van der Waals surface area contributed by atoms with Gasteiger partial charge in [-0.05, 0) is 48.9 Å². The minimum Gasteiger partial charge on any atom is -0.326 e. The van der Waals surface area contributed by atoms with E-state index in [2.05, 4.69) is 17.6 Å². The first-order valence-electron chi connectivity index (χ1n) is 8.25. The van der Waals surface area contributed by atoms with Crippen molar-refractivity contribution in [3.8, 4) is 0 Å². The lowest BCUT2D eigenvalue weighted by Crippen LogP contribution is -2.14. The van der Waals surface area contributed by atoms with E-state index in [0.29, 0.717) is 22.2 Å². The molecule has 0 fully saturated rings. The van der Waals surface area contributed by atoms with Gasteiger partial charge in [-0.2, -0.15) is 0 Å². The van der Waals surface area contributed by atoms with Crippen LogP contribution in [0.1, 0.15) is 26.2 Å². The van der Waals surface area contributed by atoms with E-state index < -0.39 is 0 Å². The topological polar surface area (TPSA) is 58.2 Å². The molecular weight excluding hydrogens is 391 g/mol. The number of unbranched alkanes of at least 4 members (excludes halogenated alkanes) is 1. The molecule has 2 amide bonds. The lowest BCUT2D eigenvalue weighted by Gasteiger charge is -2.08. The number of anilines is 2. The summed E-state index contributed by atoms with van der Waals surface area (Å²) in [5, 5.41) is 6.56. The van der Waals surface area contributed by atoms with Crippen molar-refractivity contribution < 1.29 is 9.59 Å². The van der Waals surface area contributed by atoms with Crippen molar-refractivity contribution in [1.82, 2.24) is 0 Å². The number of rotatable bonds is 8. The molecule has 2 N–H and O–H groups in total. The largest absolute Gasteiger partial charge is 0.326 e.